The van der Waals surface area contributed by atoms with Crippen LogP contribution in [0.4, 0.5) is 5.69 Å². The van der Waals surface area contributed by atoms with E-state index in [0.29, 0.717) is 15.8 Å². The maximum Gasteiger partial charge on any atom is 0.237 e. The zero-order chi connectivity index (χ0) is 18.1. The van der Waals surface area contributed by atoms with Crippen LogP contribution >= 0.6 is 35.0 Å². The lowest BCUT2D eigenvalue weighted by Gasteiger charge is -2.33. The highest BCUT2D eigenvalue weighted by molar-refractivity contribution is 8.00. The van der Waals surface area contributed by atoms with Crippen LogP contribution in [0.5, 0.6) is 5.75 Å². The fourth-order valence-electron chi connectivity index (χ4n) is 2.72. The number of fused-ring (bicyclic) bond motifs is 1. The second-order valence-electron chi connectivity index (χ2n) is 5.70. The molecule has 1 heterocycles. The Morgan fingerprint density at radius 1 is 1.24 bits per heavy atom. The third kappa shape index (κ3) is 3.54. The normalized spacial score (nSPS) is 15.9. The van der Waals surface area contributed by atoms with Crippen molar-refractivity contribution in [2.24, 2.45) is 0 Å². The van der Waals surface area contributed by atoms with Crippen molar-refractivity contribution >= 4 is 46.6 Å². The zero-order valence-electron chi connectivity index (χ0n) is 14.1. The van der Waals surface area contributed by atoms with Crippen LogP contribution in [0.2, 0.25) is 10.0 Å². The van der Waals surface area contributed by atoms with E-state index in [1.54, 1.807) is 48.9 Å². The van der Waals surface area contributed by atoms with E-state index in [4.69, 9.17) is 27.9 Å². The average Bonchev–Trinajstić information content (AvgIpc) is 2.90. The standard InChI is InChI=1S/C18H18Cl2N2O2S/c1-11(23)21(3)22-12(2)25-17-9-5-8-16(18(17)22)24-10-13-14(19)6-4-7-15(13)20/h4-9,12H,10H2,1-3H3. The average molecular weight is 397 g/mol. The summed E-state index contributed by atoms with van der Waals surface area (Å²) in [6, 6.07) is 11.2. The van der Waals surface area contributed by atoms with Crippen LogP contribution in [0, 0.1) is 0 Å². The molecule has 2 aromatic rings. The molecule has 3 rings (SSSR count). The van der Waals surface area contributed by atoms with Gasteiger partial charge in [-0.2, -0.15) is 0 Å². The van der Waals surface area contributed by atoms with Gasteiger partial charge in [0.1, 0.15) is 18.0 Å². The SMILES string of the molecule is CC(=O)N(C)N1c2c(OCc3c(Cl)cccc3Cl)cccc2SC1C. The Morgan fingerprint density at radius 3 is 2.52 bits per heavy atom. The number of nitrogens with zero attached hydrogens (tertiary/aromatic N) is 2. The maximum absolute atomic E-state index is 11.9. The molecule has 132 valence electrons. The van der Waals surface area contributed by atoms with Crippen molar-refractivity contribution in [1.29, 1.82) is 0 Å². The summed E-state index contributed by atoms with van der Waals surface area (Å²) in [6.45, 7) is 3.85. The van der Waals surface area contributed by atoms with Crippen molar-refractivity contribution in [2.75, 3.05) is 12.1 Å². The number of carbonyl (C=O) groups excluding carboxylic acids is 1. The number of rotatable bonds is 4. The molecule has 1 amide bonds. The summed E-state index contributed by atoms with van der Waals surface area (Å²) in [4.78, 5) is 12.9. The molecule has 1 unspecified atom stereocenters. The smallest absolute Gasteiger partial charge is 0.237 e. The Hall–Kier alpha value is -1.56. The van der Waals surface area contributed by atoms with Gasteiger partial charge in [-0.3, -0.25) is 14.8 Å². The minimum atomic E-state index is -0.0377. The van der Waals surface area contributed by atoms with Gasteiger partial charge >= 0.3 is 0 Å². The third-order valence-electron chi connectivity index (χ3n) is 4.05. The molecule has 0 radical (unpaired) electrons. The monoisotopic (exact) mass is 396 g/mol. The molecular formula is C18H18Cl2N2O2S. The largest absolute Gasteiger partial charge is 0.487 e. The van der Waals surface area contributed by atoms with E-state index in [2.05, 4.69) is 6.92 Å². The minimum Gasteiger partial charge on any atom is -0.487 e. The van der Waals surface area contributed by atoms with Gasteiger partial charge in [0.15, 0.2) is 0 Å². The fraction of sp³-hybridized carbons (Fsp3) is 0.278. The lowest BCUT2D eigenvalue weighted by molar-refractivity contribution is -0.128. The number of benzene rings is 2. The maximum atomic E-state index is 11.9. The molecule has 1 atom stereocenters. The van der Waals surface area contributed by atoms with Gasteiger partial charge in [-0.15, -0.1) is 0 Å². The molecule has 0 N–H and O–H groups in total. The van der Waals surface area contributed by atoms with Crippen molar-refractivity contribution in [3.8, 4) is 5.75 Å². The minimum absolute atomic E-state index is 0.0377. The number of ether oxygens (including phenoxy) is 1. The first kappa shape index (κ1) is 18.2. The molecule has 1 aliphatic rings. The second-order valence-corrected chi connectivity index (χ2v) is 7.87. The van der Waals surface area contributed by atoms with E-state index in [9.17, 15) is 4.79 Å². The Balaban J connectivity index is 1.92. The molecule has 0 bridgehead atoms. The molecular weight excluding hydrogens is 379 g/mol. The molecule has 1 aliphatic heterocycles. The van der Waals surface area contributed by atoms with Crippen LogP contribution in [0.25, 0.3) is 0 Å². The number of hydrogen-bond donors (Lipinski definition) is 0. The van der Waals surface area contributed by atoms with Gasteiger partial charge in [-0.25, -0.2) is 0 Å². The first-order chi connectivity index (χ1) is 11.9. The Kier molecular flexibility index (Phi) is 5.37. The third-order valence-corrected chi connectivity index (χ3v) is 5.88. The quantitative estimate of drug-likeness (QED) is 0.708. The molecule has 0 saturated heterocycles. The molecule has 0 aliphatic carbocycles. The molecule has 25 heavy (non-hydrogen) atoms. The predicted molar refractivity (Wildman–Crippen MR) is 103 cm³/mol. The highest BCUT2D eigenvalue weighted by Gasteiger charge is 2.34. The van der Waals surface area contributed by atoms with Crippen molar-refractivity contribution in [2.45, 2.75) is 30.7 Å². The fourth-order valence-corrected chi connectivity index (χ4v) is 4.40. The summed E-state index contributed by atoms with van der Waals surface area (Å²) in [6.07, 6.45) is 0. The predicted octanol–water partition coefficient (Wildman–Crippen LogP) is 5.22. The van der Waals surface area contributed by atoms with Crippen molar-refractivity contribution in [1.82, 2.24) is 5.01 Å². The highest BCUT2D eigenvalue weighted by atomic mass is 35.5. The van der Waals surface area contributed by atoms with Crippen molar-refractivity contribution in [3.63, 3.8) is 0 Å². The Morgan fingerprint density at radius 2 is 1.88 bits per heavy atom. The van der Waals surface area contributed by atoms with Crippen LogP contribution in [-0.2, 0) is 11.4 Å². The van der Waals surface area contributed by atoms with E-state index in [1.807, 2.05) is 23.2 Å². The van der Waals surface area contributed by atoms with E-state index >= 15 is 0 Å². The summed E-state index contributed by atoms with van der Waals surface area (Å²) in [5, 5.41) is 4.80. The van der Waals surface area contributed by atoms with Crippen molar-refractivity contribution in [3.05, 3.63) is 52.0 Å². The molecule has 0 fully saturated rings. The molecule has 2 aromatic carbocycles. The summed E-state index contributed by atoms with van der Waals surface area (Å²) >= 11 is 14.1. The number of anilines is 1. The number of halogens is 2. The summed E-state index contributed by atoms with van der Waals surface area (Å²) in [5.74, 6) is 0.655. The Bertz CT molecular complexity index is 795. The van der Waals surface area contributed by atoms with Crippen LogP contribution in [0.3, 0.4) is 0 Å². The van der Waals surface area contributed by atoms with E-state index in [1.165, 1.54) is 0 Å². The number of thioether (sulfide) groups is 1. The van der Waals surface area contributed by atoms with Gasteiger partial charge < -0.3 is 4.74 Å². The molecule has 0 saturated carbocycles. The number of hydrogen-bond acceptors (Lipinski definition) is 4. The Labute approximate surface area is 161 Å². The topological polar surface area (TPSA) is 32.8 Å². The van der Waals surface area contributed by atoms with Gasteiger partial charge in [0.25, 0.3) is 0 Å². The molecule has 7 heteroatoms. The van der Waals surface area contributed by atoms with Crippen LogP contribution in [0.1, 0.15) is 19.4 Å². The van der Waals surface area contributed by atoms with E-state index in [-0.39, 0.29) is 17.9 Å². The number of amides is 1. The second kappa shape index (κ2) is 7.36. The van der Waals surface area contributed by atoms with Gasteiger partial charge in [-0.1, -0.05) is 47.1 Å². The lowest BCUT2D eigenvalue weighted by Crippen LogP contribution is -2.45. The van der Waals surface area contributed by atoms with Crippen LogP contribution in [-0.4, -0.2) is 23.3 Å². The number of hydrazine groups is 1. The zero-order valence-corrected chi connectivity index (χ0v) is 16.5. The van der Waals surface area contributed by atoms with Gasteiger partial charge in [-0.05, 0) is 31.2 Å². The summed E-state index contributed by atoms with van der Waals surface area (Å²) in [5.41, 5.74) is 1.63. The van der Waals surface area contributed by atoms with Gasteiger partial charge in [0, 0.05) is 34.5 Å². The summed E-state index contributed by atoms with van der Waals surface area (Å²) < 4.78 is 6.04. The molecule has 4 nitrogen and oxygen atoms in total. The van der Waals surface area contributed by atoms with Crippen LogP contribution in [0.15, 0.2) is 41.3 Å². The highest BCUT2D eigenvalue weighted by Crippen LogP contribution is 2.49. The van der Waals surface area contributed by atoms with Crippen molar-refractivity contribution < 1.29 is 9.53 Å². The first-order valence-corrected chi connectivity index (χ1v) is 9.42. The first-order valence-electron chi connectivity index (χ1n) is 7.79. The van der Waals surface area contributed by atoms with E-state index in [0.717, 1.165) is 16.1 Å². The molecule has 0 aromatic heterocycles. The molecule has 0 spiro atoms. The van der Waals surface area contributed by atoms with Gasteiger partial charge in [0.05, 0.1) is 5.37 Å². The van der Waals surface area contributed by atoms with E-state index < -0.39 is 0 Å². The van der Waals surface area contributed by atoms with Gasteiger partial charge in [0.2, 0.25) is 5.91 Å². The number of carbonyl (C=O) groups is 1. The number of para-hydroxylation sites is 1. The lowest BCUT2D eigenvalue weighted by atomic mass is 10.2. The summed E-state index contributed by atoms with van der Waals surface area (Å²) in [7, 11) is 1.76. The van der Waals surface area contributed by atoms with Crippen LogP contribution < -0.4 is 9.75 Å².